The summed E-state index contributed by atoms with van der Waals surface area (Å²) >= 11 is 0. The van der Waals surface area contributed by atoms with Gasteiger partial charge in [0, 0.05) is 13.1 Å². The van der Waals surface area contributed by atoms with E-state index in [-0.39, 0.29) is 6.10 Å². The van der Waals surface area contributed by atoms with Crippen molar-refractivity contribution in [2.75, 3.05) is 6.54 Å². The van der Waals surface area contributed by atoms with Crippen LogP contribution in [0.25, 0.3) is 0 Å². The molecule has 0 saturated carbocycles. The number of ether oxygens (including phenoxy) is 2. The van der Waals surface area contributed by atoms with E-state index >= 15 is 0 Å². The van der Waals surface area contributed by atoms with E-state index in [9.17, 15) is 4.79 Å². The van der Waals surface area contributed by atoms with Crippen LogP contribution in [-0.4, -0.2) is 34.1 Å². The first-order valence-electron chi connectivity index (χ1n) is 6.31. The van der Waals surface area contributed by atoms with Gasteiger partial charge in [0.25, 0.3) is 0 Å². The molecule has 1 amide bonds. The third-order valence-electron chi connectivity index (χ3n) is 2.21. The van der Waals surface area contributed by atoms with E-state index in [0.29, 0.717) is 12.4 Å². The average molecular weight is 269 g/mol. The summed E-state index contributed by atoms with van der Waals surface area (Å²) in [5, 5.41) is 6.86. The van der Waals surface area contributed by atoms with Crippen molar-refractivity contribution >= 4 is 6.09 Å². The van der Waals surface area contributed by atoms with Crippen molar-refractivity contribution in [3.63, 3.8) is 0 Å². The number of hydrogen-bond acceptors (Lipinski definition) is 4. The molecule has 1 heterocycles. The fourth-order valence-corrected chi connectivity index (χ4v) is 1.49. The number of nitrogens with one attached hydrogen (secondary N) is 1. The fourth-order valence-electron chi connectivity index (χ4n) is 1.49. The van der Waals surface area contributed by atoms with E-state index in [1.807, 2.05) is 47.7 Å². The molecule has 19 heavy (non-hydrogen) atoms. The summed E-state index contributed by atoms with van der Waals surface area (Å²) in [5.41, 5.74) is 0.401. The summed E-state index contributed by atoms with van der Waals surface area (Å²) in [7, 11) is 1.82. The van der Waals surface area contributed by atoms with Crippen LogP contribution in [0.2, 0.25) is 0 Å². The Morgan fingerprint density at radius 3 is 2.63 bits per heavy atom. The molecule has 0 bridgehead atoms. The standard InChI is InChI=1S/C13H23N3O3/c1-9-7-11(16(6)15-9)18-10(2)8-14-12(17)19-13(3,4)5/h7,10H,8H2,1-6H3,(H,14,17)/t10-/m0/s1. The van der Waals surface area contributed by atoms with E-state index in [1.165, 1.54) is 0 Å². The lowest BCUT2D eigenvalue weighted by Crippen LogP contribution is -2.37. The third kappa shape index (κ3) is 5.63. The summed E-state index contributed by atoms with van der Waals surface area (Å²) < 4.78 is 12.5. The minimum Gasteiger partial charge on any atom is -0.473 e. The third-order valence-corrected chi connectivity index (χ3v) is 2.21. The van der Waals surface area contributed by atoms with Crippen molar-refractivity contribution in [3.8, 4) is 5.88 Å². The predicted octanol–water partition coefficient (Wildman–Crippen LogP) is 2.02. The lowest BCUT2D eigenvalue weighted by Gasteiger charge is -2.21. The molecule has 0 aromatic carbocycles. The van der Waals surface area contributed by atoms with Crippen LogP contribution in [0.3, 0.4) is 0 Å². The minimum atomic E-state index is -0.493. The Balaban J connectivity index is 2.38. The number of carbonyl (C=O) groups excluding carboxylic acids is 1. The summed E-state index contributed by atoms with van der Waals surface area (Å²) in [6, 6.07) is 1.85. The smallest absolute Gasteiger partial charge is 0.407 e. The van der Waals surface area contributed by atoms with Gasteiger partial charge in [-0.3, -0.25) is 0 Å². The monoisotopic (exact) mass is 269 g/mol. The molecule has 0 fully saturated rings. The van der Waals surface area contributed by atoms with E-state index in [4.69, 9.17) is 9.47 Å². The highest BCUT2D eigenvalue weighted by Gasteiger charge is 2.17. The van der Waals surface area contributed by atoms with Gasteiger partial charge in [0.05, 0.1) is 12.2 Å². The maximum absolute atomic E-state index is 11.5. The van der Waals surface area contributed by atoms with Gasteiger partial charge in [-0.05, 0) is 34.6 Å². The minimum absolute atomic E-state index is 0.165. The van der Waals surface area contributed by atoms with E-state index in [1.54, 1.807) is 4.68 Å². The van der Waals surface area contributed by atoms with Crippen molar-refractivity contribution in [1.29, 1.82) is 0 Å². The van der Waals surface area contributed by atoms with Crippen LogP contribution in [0, 0.1) is 6.92 Å². The summed E-state index contributed by atoms with van der Waals surface area (Å²) in [5.74, 6) is 0.677. The van der Waals surface area contributed by atoms with Crippen molar-refractivity contribution in [1.82, 2.24) is 15.1 Å². The van der Waals surface area contributed by atoms with Crippen molar-refractivity contribution < 1.29 is 14.3 Å². The van der Waals surface area contributed by atoms with Crippen molar-refractivity contribution in [2.45, 2.75) is 46.3 Å². The molecule has 1 aromatic heterocycles. The quantitative estimate of drug-likeness (QED) is 0.908. The predicted molar refractivity (Wildman–Crippen MR) is 72.3 cm³/mol. The number of carbonyl (C=O) groups is 1. The molecular weight excluding hydrogens is 246 g/mol. The zero-order valence-corrected chi connectivity index (χ0v) is 12.5. The van der Waals surface area contributed by atoms with Crippen LogP contribution in [-0.2, 0) is 11.8 Å². The molecule has 1 rings (SSSR count). The number of amides is 1. The normalized spacial score (nSPS) is 12.9. The summed E-state index contributed by atoms with van der Waals surface area (Å²) in [4.78, 5) is 11.5. The van der Waals surface area contributed by atoms with Crippen LogP contribution in [0.4, 0.5) is 4.79 Å². The molecule has 0 spiro atoms. The topological polar surface area (TPSA) is 65.4 Å². The van der Waals surface area contributed by atoms with Gasteiger partial charge >= 0.3 is 6.09 Å². The van der Waals surface area contributed by atoms with Gasteiger partial charge in [-0.15, -0.1) is 0 Å². The van der Waals surface area contributed by atoms with Gasteiger partial charge in [0.15, 0.2) is 0 Å². The van der Waals surface area contributed by atoms with Gasteiger partial charge in [-0.25, -0.2) is 9.48 Å². The Kier molecular flexibility index (Phi) is 4.80. The van der Waals surface area contributed by atoms with Gasteiger partial charge in [0.2, 0.25) is 5.88 Å². The highest BCUT2D eigenvalue weighted by molar-refractivity contribution is 5.67. The molecular formula is C13H23N3O3. The Bertz CT molecular complexity index is 435. The van der Waals surface area contributed by atoms with Crippen molar-refractivity contribution in [3.05, 3.63) is 11.8 Å². The molecule has 6 heteroatoms. The van der Waals surface area contributed by atoms with Gasteiger partial charge in [-0.2, -0.15) is 5.10 Å². The second-order valence-electron chi connectivity index (χ2n) is 5.56. The molecule has 0 aliphatic heterocycles. The molecule has 108 valence electrons. The summed E-state index contributed by atoms with van der Waals surface area (Å²) in [6.45, 7) is 9.62. The van der Waals surface area contributed by atoms with Crippen LogP contribution < -0.4 is 10.1 Å². The number of nitrogens with zero attached hydrogens (tertiary/aromatic N) is 2. The van der Waals surface area contributed by atoms with Crippen LogP contribution >= 0.6 is 0 Å². The lowest BCUT2D eigenvalue weighted by molar-refractivity contribution is 0.0503. The molecule has 1 aromatic rings. The lowest BCUT2D eigenvalue weighted by atomic mass is 10.2. The molecule has 0 aliphatic rings. The molecule has 1 atom stereocenters. The van der Waals surface area contributed by atoms with Crippen molar-refractivity contribution in [2.24, 2.45) is 7.05 Å². The van der Waals surface area contributed by atoms with Crippen LogP contribution in [0.5, 0.6) is 5.88 Å². The number of aryl methyl sites for hydroxylation is 2. The van der Waals surface area contributed by atoms with Gasteiger partial charge < -0.3 is 14.8 Å². The SMILES string of the molecule is Cc1cc(O[C@@H](C)CNC(=O)OC(C)(C)C)n(C)n1. The molecule has 0 aliphatic carbocycles. The molecule has 0 saturated heterocycles. The van der Waals surface area contributed by atoms with Crippen LogP contribution in [0.15, 0.2) is 6.07 Å². The van der Waals surface area contributed by atoms with E-state index < -0.39 is 11.7 Å². The number of hydrogen-bond donors (Lipinski definition) is 1. The molecule has 6 nitrogen and oxygen atoms in total. The molecule has 1 N–H and O–H groups in total. The average Bonchev–Trinajstić information content (AvgIpc) is 2.52. The zero-order valence-electron chi connectivity index (χ0n) is 12.5. The highest BCUT2D eigenvalue weighted by atomic mass is 16.6. The van der Waals surface area contributed by atoms with Crippen LogP contribution in [0.1, 0.15) is 33.4 Å². The largest absolute Gasteiger partial charge is 0.473 e. The first-order chi connectivity index (χ1) is 8.67. The van der Waals surface area contributed by atoms with E-state index in [2.05, 4.69) is 10.4 Å². The number of alkyl carbamates (subject to hydrolysis) is 1. The Hall–Kier alpha value is -1.72. The maximum atomic E-state index is 11.5. The second-order valence-corrected chi connectivity index (χ2v) is 5.56. The first kappa shape index (κ1) is 15.3. The van der Waals surface area contributed by atoms with Gasteiger partial charge in [0.1, 0.15) is 11.7 Å². The second kappa shape index (κ2) is 5.95. The first-order valence-corrected chi connectivity index (χ1v) is 6.31. The molecule has 0 unspecified atom stereocenters. The number of rotatable bonds is 4. The maximum Gasteiger partial charge on any atom is 0.407 e. The number of aromatic nitrogens is 2. The Labute approximate surface area is 114 Å². The Morgan fingerprint density at radius 1 is 1.53 bits per heavy atom. The molecule has 0 radical (unpaired) electrons. The van der Waals surface area contributed by atoms with Gasteiger partial charge in [-0.1, -0.05) is 0 Å². The zero-order chi connectivity index (χ0) is 14.6. The fraction of sp³-hybridized carbons (Fsp3) is 0.692. The summed E-state index contributed by atoms with van der Waals surface area (Å²) in [6.07, 6.45) is -0.605. The van der Waals surface area contributed by atoms with E-state index in [0.717, 1.165) is 5.69 Å². The Morgan fingerprint density at radius 2 is 2.16 bits per heavy atom. The highest BCUT2D eigenvalue weighted by Crippen LogP contribution is 2.12.